The molecule has 1 N–H and O–H groups in total. The van der Waals surface area contributed by atoms with Crippen LogP contribution in [0.5, 0.6) is 5.75 Å². The first-order chi connectivity index (χ1) is 16.5. The van der Waals surface area contributed by atoms with Gasteiger partial charge in [0.2, 0.25) is 0 Å². The van der Waals surface area contributed by atoms with E-state index in [4.69, 9.17) is 4.74 Å². The molecule has 5 atom stereocenters. The molecular formula is C27H30N3O4+. The van der Waals surface area contributed by atoms with Gasteiger partial charge in [-0.1, -0.05) is 18.2 Å². The summed E-state index contributed by atoms with van der Waals surface area (Å²) in [6.07, 6.45) is 4.93. The van der Waals surface area contributed by atoms with Gasteiger partial charge in [0.15, 0.2) is 0 Å². The molecule has 1 aromatic heterocycles. The fraction of sp³-hybridized carbons (Fsp3) is 0.370. The van der Waals surface area contributed by atoms with Gasteiger partial charge in [-0.3, -0.25) is 15.1 Å². The first kappa shape index (κ1) is 22.5. The zero-order valence-corrected chi connectivity index (χ0v) is 19.3. The number of aliphatic hydroxyl groups excluding tert-OH is 1. The third-order valence-electron chi connectivity index (χ3n) is 8.01. The van der Waals surface area contributed by atoms with E-state index in [2.05, 4.69) is 11.6 Å². The van der Waals surface area contributed by atoms with E-state index in [1.54, 1.807) is 25.4 Å². The third kappa shape index (κ3) is 3.75. The Morgan fingerprint density at radius 2 is 2.15 bits per heavy atom. The molecule has 0 amide bonds. The van der Waals surface area contributed by atoms with Crippen LogP contribution in [0.2, 0.25) is 0 Å². The number of hydrogen-bond donors (Lipinski definition) is 1. The van der Waals surface area contributed by atoms with E-state index < -0.39 is 6.10 Å². The van der Waals surface area contributed by atoms with Crippen LogP contribution in [0.15, 0.2) is 67.4 Å². The summed E-state index contributed by atoms with van der Waals surface area (Å²) in [5.41, 5.74) is 2.50. The number of hydrogen-bond acceptors (Lipinski definition) is 5. The van der Waals surface area contributed by atoms with Crippen LogP contribution < -0.4 is 4.74 Å². The second kappa shape index (κ2) is 8.81. The lowest BCUT2D eigenvalue weighted by molar-refractivity contribution is -0.985. The molecule has 6 rings (SSSR count). The Morgan fingerprint density at radius 1 is 1.32 bits per heavy atom. The highest BCUT2D eigenvalue weighted by Crippen LogP contribution is 2.48. The van der Waals surface area contributed by atoms with Crippen molar-refractivity contribution >= 4 is 16.6 Å². The number of para-hydroxylation sites is 1. The van der Waals surface area contributed by atoms with Gasteiger partial charge in [-0.15, -0.1) is 6.58 Å². The minimum absolute atomic E-state index is 0.0773. The fourth-order valence-electron chi connectivity index (χ4n) is 6.28. The monoisotopic (exact) mass is 460 g/mol. The van der Waals surface area contributed by atoms with Gasteiger partial charge in [-0.05, 0) is 41.8 Å². The molecule has 3 aromatic rings. The first-order valence-electron chi connectivity index (χ1n) is 11.8. The number of piperidine rings is 3. The molecule has 0 aliphatic carbocycles. The van der Waals surface area contributed by atoms with Gasteiger partial charge >= 0.3 is 0 Å². The van der Waals surface area contributed by atoms with Crippen LogP contribution in [-0.4, -0.2) is 45.7 Å². The van der Waals surface area contributed by atoms with Gasteiger partial charge in [0, 0.05) is 36.4 Å². The molecule has 0 spiro atoms. The van der Waals surface area contributed by atoms with Crippen molar-refractivity contribution in [2.75, 3.05) is 20.2 Å². The highest BCUT2D eigenvalue weighted by molar-refractivity contribution is 5.83. The van der Waals surface area contributed by atoms with Crippen LogP contribution >= 0.6 is 0 Å². The second-order valence-electron chi connectivity index (χ2n) is 9.65. The Kier molecular flexibility index (Phi) is 5.83. The van der Waals surface area contributed by atoms with Crippen LogP contribution in [0.4, 0.5) is 5.69 Å². The second-order valence-corrected chi connectivity index (χ2v) is 9.65. The molecule has 4 unspecified atom stereocenters. The normalized spacial score (nSPS) is 26.8. The van der Waals surface area contributed by atoms with Crippen LogP contribution in [0.1, 0.15) is 30.1 Å². The summed E-state index contributed by atoms with van der Waals surface area (Å²) in [5.74, 6) is 1.52. The molecule has 4 heterocycles. The van der Waals surface area contributed by atoms with Crippen LogP contribution in [0.25, 0.3) is 10.9 Å². The zero-order chi connectivity index (χ0) is 23.9. The highest BCUT2D eigenvalue weighted by Gasteiger charge is 2.54. The number of fused-ring (bicyclic) bond motifs is 4. The minimum atomic E-state index is -0.728. The number of benzene rings is 2. The highest BCUT2D eigenvalue weighted by atomic mass is 16.6. The van der Waals surface area contributed by atoms with Crippen molar-refractivity contribution in [2.45, 2.75) is 31.5 Å². The summed E-state index contributed by atoms with van der Waals surface area (Å²) >= 11 is 0. The number of nitrogens with zero attached hydrogens (tertiary/aromatic N) is 3. The van der Waals surface area contributed by atoms with Gasteiger partial charge in [0.1, 0.15) is 24.4 Å². The molecule has 34 heavy (non-hydrogen) atoms. The molecule has 2 aromatic carbocycles. The van der Waals surface area contributed by atoms with Gasteiger partial charge in [-0.2, -0.15) is 0 Å². The maximum Gasteiger partial charge on any atom is 0.278 e. The lowest BCUT2D eigenvalue weighted by Crippen LogP contribution is -2.67. The number of pyridine rings is 1. The molecule has 0 radical (unpaired) electrons. The first-order valence-corrected chi connectivity index (χ1v) is 11.8. The minimum Gasteiger partial charge on any atom is -0.497 e. The summed E-state index contributed by atoms with van der Waals surface area (Å²) in [6, 6.07) is 14.5. The molecule has 176 valence electrons. The van der Waals surface area contributed by atoms with Crippen molar-refractivity contribution in [2.24, 2.45) is 11.8 Å². The van der Waals surface area contributed by atoms with E-state index in [0.717, 1.165) is 48.1 Å². The van der Waals surface area contributed by atoms with Crippen molar-refractivity contribution in [1.82, 2.24) is 4.98 Å². The van der Waals surface area contributed by atoms with Gasteiger partial charge < -0.3 is 14.3 Å². The summed E-state index contributed by atoms with van der Waals surface area (Å²) in [5, 5.41) is 24.5. The Hall–Kier alpha value is -3.29. The SMILES string of the molecule is C=CC1C[N+]2(Cc3ccccc3[N+](=O)[O-])CCC1CC2[C@@H](O)c1ccnc2ccc(OC)cc12. The fourth-order valence-corrected chi connectivity index (χ4v) is 6.28. The van der Waals surface area contributed by atoms with E-state index in [-0.39, 0.29) is 16.7 Å². The topological polar surface area (TPSA) is 85.5 Å². The number of methoxy groups -OCH3 is 1. The van der Waals surface area contributed by atoms with E-state index in [1.165, 1.54) is 0 Å². The van der Waals surface area contributed by atoms with Crippen molar-refractivity contribution in [3.05, 3.63) is 88.6 Å². The molecule has 3 aliphatic rings. The smallest absolute Gasteiger partial charge is 0.278 e. The number of aromatic nitrogens is 1. The van der Waals surface area contributed by atoms with Crippen molar-refractivity contribution in [1.29, 1.82) is 0 Å². The number of rotatable bonds is 7. The molecule has 3 saturated heterocycles. The summed E-state index contributed by atoms with van der Waals surface area (Å²) in [4.78, 5) is 15.9. The molecule has 3 fully saturated rings. The molecule has 7 nitrogen and oxygen atoms in total. The number of ether oxygens (including phenoxy) is 1. The van der Waals surface area contributed by atoms with Crippen LogP contribution in [0.3, 0.4) is 0 Å². The van der Waals surface area contributed by atoms with Gasteiger partial charge in [0.05, 0.1) is 36.2 Å². The maximum atomic E-state index is 11.9. The number of aliphatic hydroxyl groups is 1. The predicted octanol–water partition coefficient (Wildman–Crippen LogP) is 4.80. The molecule has 7 heteroatoms. The lowest BCUT2D eigenvalue weighted by atomic mass is 9.71. The number of quaternary nitrogens is 1. The summed E-state index contributed by atoms with van der Waals surface area (Å²) < 4.78 is 6.04. The van der Waals surface area contributed by atoms with E-state index in [0.29, 0.717) is 28.4 Å². The average Bonchev–Trinajstić information content (AvgIpc) is 2.87. The Balaban J connectivity index is 1.58. The van der Waals surface area contributed by atoms with Crippen molar-refractivity contribution < 1.29 is 19.2 Å². The van der Waals surface area contributed by atoms with Gasteiger partial charge in [-0.25, -0.2) is 0 Å². The number of nitro groups is 1. The van der Waals surface area contributed by atoms with Crippen molar-refractivity contribution in [3.8, 4) is 5.75 Å². The summed E-state index contributed by atoms with van der Waals surface area (Å²) in [7, 11) is 1.63. The Bertz CT molecular complexity index is 1250. The van der Waals surface area contributed by atoms with Crippen molar-refractivity contribution in [3.63, 3.8) is 0 Å². The largest absolute Gasteiger partial charge is 0.497 e. The zero-order valence-electron chi connectivity index (χ0n) is 19.3. The summed E-state index contributed by atoms with van der Waals surface area (Å²) in [6.45, 7) is 6.30. The third-order valence-corrected chi connectivity index (χ3v) is 8.01. The molecule has 3 aliphatic heterocycles. The maximum absolute atomic E-state index is 11.9. The number of nitro benzene ring substituents is 1. The Labute approximate surface area is 199 Å². The quantitative estimate of drug-likeness (QED) is 0.237. The van der Waals surface area contributed by atoms with Gasteiger partial charge in [0.25, 0.3) is 5.69 Å². The lowest BCUT2D eigenvalue weighted by Gasteiger charge is -2.58. The molecule has 0 saturated carbocycles. The van der Waals surface area contributed by atoms with E-state index in [1.807, 2.05) is 42.5 Å². The predicted molar refractivity (Wildman–Crippen MR) is 130 cm³/mol. The van der Waals surface area contributed by atoms with E-state index >= 15 is 0 Å². The molecular weight excluding hydrogens is 430 g/mol. The van der Waals surface area contributed by atoms with Crippen LogP contribution in [0, 0.1) is 22.0 Å². The average molecular weight is 461 g/mol. The van der Waals surface area contributed by atoms with E-state index in [9.17, 15) is 15.2 Å². The standard InChI is InChI=1S/C27H30N3O4/c1-3-18-16-30(17-20-6-4-5-7-25(20)29(32)33)13-11-19(18)14-26(30)27(31)22-10-12-28-24-9-8-21(34-2)15-23(22)24/h3-10,12,15,18-19,26-27,31H,1,11,13-14,16-17H2,2H3/q+1/t18?,19?,26?,27-,30?/m0/s1. The Morgan fingerprint density at radius 3 is 2.91 bits per heavy atom. The molecule has 2 bridgehead atoms. The van der Waals surface area contributed by atoms with Crippen LogP contribution in [-0.2, 0) is 6.54 Å².